The molecule has 0 heterocycles. The van der Waals surface area contributed by atoms with E-state index in [4.69, 9.17) is 0 Å². The molecule has 10 saturated carbocycles. The zero-order valence-corrected chi connectivity index (χ0v) is 73.4. The second-order valence-corrected chi connectivity index (χ2v) is 45.9. The number of hydrogen-bond acceptors (Lipinski definition) is 0. The van der Waals surface area contributed by atoms with Crippen molar-refractivity contribution in [2.24, 2.45) is 162 Å². The predicted molar refractivity (Wildman–Crippen MR) is 434 cm³/mol. The molecule has 0 N–H and O–H groups in total. The lowest BCUT2D eigenvalue weighted by atomic mass is 9.20. The summed E-state index contributed by atoms with van der Waals surface area (Å²) in [5.74, 6) is 7.67. The van der Waals surface area contributed by atoms with Gasteiger partial charge in [0.15, 0.2) is 0 Å². The molecule has 26 unspecified atom stereocenters. The van der Waals surface area contributed by atoms with E-state index in [1.54, 1.807) is 12.8 Å². The van der Waals surface area contributed by atoms with Crippen LogP contribution in [0.2, 0.25) is 0 Å². The Morgan fingerprint density at radius 2 is 1.14 bits per heavy atom. The van der Waals surface area contributed by atoms with Crippen LogP contribution in [-0.4, -0.2) is 0 Å². The average Bonchev–Trinajstić information content (AvgIpc) is 1.36. The lowest BCUT2D eigenvalue weighted by molar-refractivity contribution is -0.357. The van der Waals surface area contributed by atoms with E-state index in [0.29, 0.717) is 45.3 Å². The Morgan fingerprint density at radius 3 is 1.68 bits per heavy atom. The number of hydrogen-bond donors (Lipinski definition) is 0. The largest absolute Gasteiger partial charge is 0.0654 e. The summed E-state index contributed by atoms with van der Waals surface area (Å²) in [5, 5.41) is 0. The first-order valence-corrected chi connectivity index (χ1v) is 45.3. The van der Waals surface area contributed by atoms with Gasteiger partial charge in [-0.1, -0.05) is 318 Å². The molecule has 10 fully saturated rings. The number of unbranched alkanes of at least 4 members (excludes halogenated alkanes) is 5. The molecule has 98 heavy (non-hydrogen) atoms. The summed E-state index contributed by atoms with van der Waals surface area (Å²) in [4.78, 5) is 0. The lowest BCUT2D eigenvalue weighted by Crippen LogP contribution is -2.77. The van der Waals surface area contributed by atoms with Gasteiger partial charge in [-0.25, -0.2) is 0 Å². The minimum atomic E-state index is 0.113. The van der Waals surface area contributed by atoms with Crippen molar-refractivity contribution in [3.63, 3.8) is 0 Å². The van der Waals surface area contributed by atoms with Crippen molar-refractivity contribution in [3.8, 4) is 0 Å². The first kappa shape index (κ1) is 82.1. The monoisotopic (exact) mass is 1360 g/mol. The lowest BCUT2D eigenvalue weighted by Gasteiger charge is -2.84. The third-order valence-corrected chi connectivity index (χ3v) is 42.7. The molecule has 0 aromatic heterocycles. The Bertz CT molecular complexity index is 2700. The average molecular weight is 1360 g/mol. The second kappa shape index (κ2) is 27.3. The van der Waals surface area contributed by atoms with Crippen LogP contribution in [0.3, 0.4) is 0 Å². The SMILES string of the molecule is CCCCC(C)C1CCC2(C)C(C)(C)CC3(C(C)(C)C)CC4(CC56CC(C7(CC)CC8(CC)C(C)CC8C7CC)(CC5(CC)CC4(C)C(C)(CC)C(C)(C)C(C)CC2(C)C(C)CC(C)(CC)C1)C1(C)CC6(C)CCC(C)(CCCCCCCC(C)CCC)C1(CCC)C(C)CC)C3C. The van der Waals surface area contributed by atoms with Crippen LogP contribution in [0.25, 0.3) is 0 Å². The fourth-order valence-corrected chi connectivity index (χ4v) is 35.3. The van der Waals surface area contributed by atoms with Crippen LogP contribution in [0.5, 0.6) is 0 Å². The number of rotatable bonds is 25. The summed E-state index contributed by atoms with van der Waals surface area (Å²) in [6.45, 7) is 91.5. The highest BCUT2D eigenvalue weighted by atomic mass is 15.0. The van der Waals surface area contributed by atoms with Crippen LogP contribution in [0.4, 0.5) is 0 Å². The van der Waals surface area contributed by atoms with Gasteiger partial charge in [-0.15, -0.1) is 0 Å². The fraction of sp³-hybridized carbons (Fsp3) is 1.00. The number of fused-ring (bicyclic) bond motifs is 9. The van der Waals surface area contributed by atoms with Gasteiger partial charge in [-0.2, -0.15) is 0 Å². The molecule has 0 aromatic carbocycles. The van der Waals surface area contributed by atoms with E-state index in [2.05, 4.69) is 222 Å². The maximum atomic E-state index is 3.25. The summed E-state index contributed by atoms with van der Waals surface area (Å²) < 4.78 is 0. The standard InChI is InChI=1S/C98H180/c1-33-43-51-71(12)77-52-55-88(30)81(21,22)62-94(80(18,19)20)67-95(76(94)17)68-96-69-97(93(42-10)66-92(41-9)73(14)58-79(92)78(93)37-5,65-91(96,40-8)64-89(95,31)87(29,39-7)82(23,24)74(15)60-86(88,28)75(16)59-83(25,38-6)61-77)90(32)63-85(96,27)57-56-84(26,98(90,53-35-3)72(13)36-4)54-48-46-44-45-47-50-70(11)49-34-2/h70-79H,33-69H2,1-32H3. The molecule has 0 aromatic rings. The molecule has 0 amide bonds. The normalized spacial score (nSPS) is 50.6. The molecule has 2 spiro atoms. The molecular weight excluding hydrogens is 1180 g/mol. The van der Waals surface area contributed by atoms with Crippen molar-refractivity contribution in [1.29, 1.82) is 0 Å². The van der Waals surface area contributed by atoms with Crippen LogP contribution >= 0.6 is 0 Å². The van der Waals surface area contributed by atoms with E-state index in [0.717, 1.165) is 35.5 Å². The van der Waals surface area contributed by atoms with E-state index in [1.807, 2.05) is 0 Å². The molecule has 572 valence electrons. The summed E-state index contributed by atoms with van der Waals surface area (Å²) in [6.07, 6.45) is 52.8. The summed E-state index contributed by atoms with van der Waals surface area (Å²) >= 11 is 0. The van der Waals surface area contributed by atoms with Crippen LogP contribution < -0.4 is 0 Å². The highest BCUT2D eigenvalue weighted by Crippen LogP contribution is 2.98. The predicted octanol–water partition coefficient (Wildman–Crippen LogP) is 32.1. The highest BCUT2D eigenvalue weighted by molar-refractivity contribution is 5.39. The molecule has 10 aliphatic carbocycles. The third-order valence-electron chi connectivity index (χ3n) is 42.7. The fourth-order valence-electron chi connectivity index (χ4n) is 35.3. The molecule has 0 heteroatoms. The maximum absolute atomic E-state index is 3.25. The quantitative estimate of drug-likeness (QED) is 0.0799. The van der Waals surface area contributed by atoms with Gasteiger partial charge in [0.1, 0.15) is 0 Å². The van der Waals surface area contributed by atoms with E-state index in [9.17, 15) is 0 Å². The summed E-state index contributed by atoms with van der Waals surface area (Å²) in [6, 6.07) is 0. The summed E-state index contributed by atoms with van der Waals surface area (Å²) in [7, 11) is 0. The first-order chi connectivity index (χ1) is 45.3. The van der Waals surface area contributed by atoms with Gasteiger partial charge in [0, 0.05) is 0 Å². The van der Waals surface area contributed by atoms with E-state index in [1.165, 1.54) is 225 Å². The van der Waals surface area contributed by atoms with Gasteiger partial charge in [0.05, 0.1) is 0 Å². The molecule has 0 nitrogen and oxygen atoms in total. The van der Waals surface area contributed by atoms with Crippen LogP contribution in [0, 0.1) is 162 Å². The topological polar surface area (TPSA) is 0 Å². The van der Waals surface area contributed by atoms with Gasteiger partial charge in [0.2, 0.25) is 0 Å². The van der Waals surface area contributed by atoms with Gasteiger partial charge < -0.3 is 0 Å². The smallest absolute Gasteiger partial charge is 0.0159 e. The molecule has 0 saturated heterocycles. The molecule has 10 aliphatic rings. The van der Waals surface area contributed by atoms with Crippen molar-refractivity contribution in [1.82, 2.24) is 0 Å². The molecule has 0 aliphatic heterocycles. The van der Waals surface area contributed by atoms with Crippen LogP contribution in [0.1, 0.15) is 459 Å². The van der Waals surface area contributed by atoms with Crippen molar-refractivity contribution >= 4 is 0 Å². The van der Waals surface area contributed by atoms with Gasteiger partial charge in [-0.3, -0.25) is 0 Å². The van der Waals surface area contributed by atoms with E-state index < -0.39 is 0 Å². The van der Waals surface area contributed by atoms with E-state index in [-0.39, 0.29) is 81.2 Å². The Hall–Kier alpha value is 0. The minimum absolute atomic E-state index is 0.113. The van der Waals surface area contributed by atoms with Gasteiger partial charge in [0.25, 0.3) is 0 Å². The Balaban J connectivity index is 1.33. The minimum Gasteiger partial charge on any atom is -0.0654 e. The Morgan fingerprint density at radius 1 is 0.490 bits per heavy atom. The molecule has 26 atom stereocenters. The molecule has 10 rings (SSSR count). The van der Waals surface area contributed by atoms with E-state index >= 15 is 0 Å². The zero-order valence-electron chi connectivity index (χ0n) is 73.4. The van der Waals surface area contributed by atoms with Gasteiger partial charge in [-0.05, 0) is 303 Å². The molecule has 6 bridgehead atoms. The van der Waals surface area contributed by atoms with Crippen molar-refractivity contribution in [3.05, 3.63) is 0 Å². The van der Waals surface area contributed by atoms with Crippen molar-refractivity contribution < 1.29 is 0 Å². The molecule has 0 radical (unpaired) electrons. The Kier molecular flexibility index (Phi) is 22.9. The van der Waals surface area contributed by atoms with Gasteiger partial charge >= 0.3 is 0 Å². The second-order valence-electron chi connectivity index (χ2n) is 45.9. The molecular formula is C98H180. The third kappa shape index (κ3) is 10.7. The van der Waals surface area contributed by atoms with Crippen LogP contribution in [0.15, 0.2) is 0 Å². The summed E-state index contributed by atoms with van der Waals surface area (Å²) in [5.41, 5.74) is 4.65. The highest BCUT2D eigenvalue weighted by Gasteiger charge is 2.91. The Labute approximate surface area is 617 Å². The maximum Gasteiger partial charge on any atom is -0.0159 e. The van der Waals surface area contributed by atoms with Crippen LogP contribution in [-0.2, 0) is 0 Å². The van der Waals surface area contributed by atoms with Crippen molar-refractivity contribution in [2.45, 2.75) is 459 Å². The first-order valence-electron chi connectivity index (χ1n) is 45.3. The zero-order chi connectivity index (χ0) is 73.4. The van der Waals surface area contributed by atoms with Crippen molar-refractivity contribution in [2.75, 3.05) is 0 Å².